The lowest BCUT2D eigenvalue weighted by molar-refractivity contribution is 0.126. The quantitative estimate of drug-likeness (QED) is 0.447. The maximum Gasteiger partial charge on any atom is 0.0589 e. The van der Waals surface area contributed by atoms with Gasteiger partial charge in [0.05, 0.1) is 6.61 Å². The zero-order valence-corrected chi connectivity index (χ0v) is 7.75. The Labute approximate surface area is 74.0 Å². The molecule has 0 saturated carbocycles. The highest BCUT2D eigenvalue weighted by molar-refractivity contribution is 4.74. The number of hydrogen-bond donors (Lipinski definition) is 2. The second kappa shape index (κ2) is 5.48. The fraction of sp³-hybridized carbons (Fsp3) is 1.00. The van der Waals surface area contributed by atoms with E-state index in [1.54, 1.807) is 7.11 Å². The summed E-state index contributed by atoms with van der Waals surface area (Å²) in [4.78, 5) is 2.41. The molecule has 1 saturated heterocycles. The van der Waals surface area contributed by atoms with Gasteiger partial charge in [-0.15, -0.1) is 0 Å². The van der Waals surface area contributed by atoms with E-state index in [-0.39, 0.29) is 0 Å². The number of rotatable bonds is 4. The first-order chi connectivity index (χ1) is 5.86. The lowest BCUT2D eigenvalue weighted by atomic mass is 10.1. The van der Waals surface area contributed by atoms with Crippen molar-refractivity contribution in [2.75, 3.05) is 33.4 Å². The van der Waals surface area contributed by atoms with Gasteiger partial charge in [0.25, 0.3) is 0 Å². The molecule has 0 unspecified atom stereocenters. The first kappa shape index (κ1) is 9.92. The largest absolute Gasteiger partial charge is 0.383 e. The van der Waals surface area contributed by atoms with Gasteiger partial charge in [0, 0.05) is 19.7 Å². The molecular weight excluding hydrogens is 154 g/mol. The minimum Gasteiger partial charge on any atom is -0.383 e. The summed E-state index contributed by atoms with van der Waals surface area (Å²) in [6.45, 7) is 4.16. The van der Waals surface area contributed by atoms with Crippen molar-refractivity contribution in [3.05, 3.63) is 0 Å². The summed E-state index contributed by atoms with van der Waals surface area (Å²) in [6, 6.07) is 0.517. The van der Waals surface area contributed by atoms with E-state index < -0.39 is 0 Å². The number of ether oxygens (including phenoxy) is 1. The maximum absolute atomic E-state index is 5.36. The van der Waals surface area contributed by atoms with Crippen molar-refractivity contribution in [2.24, 2.45) is 5.84 Å². The average Bonchev–Trinajstić information content (AvgIpc) is 2.15. The number of piperidine rings is 1. The van der Waals surface area contributed by atoms with Crippen LogP contribution in [-0.2, 0) is 4.74 Å². The molecule has 1 aliphatic rings. The minimum atomic E-state index is 0.517. The SMILES string of the molecule is COCCN1CCC(NN)CC1. The number of nitrogens with one attached hydrogen (secondary N) is 1. The molecule has 1 rings (SSSR count). The molecule has 0 bridgehead atoms. The van der Waals surface area contributed by atoms with E-state index in [2.05, 4.69) is 10.3 Å². The highest BCUT2D eigenvalue weighted by Crippen LogP contribution is 2.08. The summed E-state index contributed by atoms with van der Waals surface area (Å²) in [5, 5.41) is 0. The van der Waals surface area contributed by atoms with Crippen molar-refractivity contribution in [3.8, 4) is 0 Å². The number of nitrogens with two attached hydrogens (primary N) is 1. The Morgan fingerprint density at radius 3 is 2.67 bits per heavy atom. The van der Waals surface area contributed by atoms with Gasteiger partial charge in [-0.2, -0.15) is 0 Å². The summed E-state index contributed by atoms with van der Waals surface area (Å²) in [6.07, 6.45) is 2.31. The number of hydrogen-bond acceptors (Lipinski definition) is 4. The highest BCUT2D eigenvalue weighted by Gasteiger charge is 2.16. The van der Waals surface area contributed by atoms with Crippen molar-refractivity contribution in [3.63, 3.8) is 0 Å². The van der Waals surface area contributed by atoms with Crippen molar-refractivity contribution in [1.82, 2.24) is 10.3 Å². The first-order valence-corrected chi connectivity index (χ1v) is 4.54. The van der Waals surface area contributed by atoms with E-state index in [4.69, 9.17) is 10.6 Å². The molecule has 1 aliphatic heterocycles. The van der Waals surface area contributed by atoms with Crippen LogP contribution in [0, 0.1) is 0 Å². The lowest BCUT2D eigenvalue weighted by Crippen LogP contribution is -2.45. The van der Waals surface area contributed by atoms with Crippen molar-refractivity contribution >= 4 is 0 Å². The Morgan fingerprint density at radius 2 is 2.17 bits per heavy atom. The van der Waals surface area contributed by atoms with Crippen LogP contribution in [-0.4, -0.2) is 44.3 Å². The Kier molecular flexibility index (Phi) is 4.53. The fourth-order valence-corrected chi connectivity index (χ4v) is 1.54. The van der Waals surface area contributed by atoms with E-state index in [1.807, 2.05) is 0 Å². The van der Waals surface area contributed by atoms with Gasteiger partial charge in [-0.25, -0.2) is 0 Å². The monoisotopic (exact) mass is 173 g/mol. The molecule has 0 radical (unpaired) electrons. The van der Waals surface area contributed by atoms with Crippen LogP contribution in [0.4, 0.5) is 0 Å². The Bertz CT molecular complexity index is 113. The molecule has 0 atom stereocenters. The van der Waals surface area contributed by atoms with Gasteiger partial charge in [0.15, 0.2) is 0 Å². The minimum absolute atomic E-state index is 0.517. The van der Waals surface area contributed by atoms with Crippen LogP contribution in [0.25, 0.3) is 0 Å². The second-order valence-electron chi connectivity index (χ2n) is 3.28. The molecule has 3 N–H and O–H groups in total. The third-order valence-corrected chi connectivity index (χ3v) is 2.43. The zero-order chi connectivity index (χ0) is 8.81. The molecule has 4 nitrogen and oxygen atoms in total. The van der Waals surface area contributed by atoms with E-state index >= 15 is 0 Å². The molecule has 4 heteroatoms. The van der Waals surface area contributed by atoms with Gasteiger partial charge in [-0.3, -0.25) is 11.3 Å². The predicted molar refractivity (Wildman–Crippen MR) is 48.7 cm³/mol. The van der Waals surface area contributed by atoms with Crippen molar-refractivity contribution < 1.29 is 4.74 Å². The van der Waals surface area contributed by atoms with E-state index in [0.717, 1.165) is 39.1 Å². The van der Waals surface area contributed by atoms with Crippen LogP contribution in [0.15, 0.2) is 0 Å². The third-order valence-electron chi connectivity index (χ3n) is 2.43. The number of hydrazine groups is 1. The van der Waals surface area contributed by atoms with Crippen LogP contribution in [0.1, 0.15) is 12.8 Å². The normalized spacial score (nSPS) is 21.5. The van der Waals surface area contributed by atoms with Crippen molar-refractivity contribution in [1.29, 1.82) is 0 Å². The molecule has 0 aromatic heterocycles. The van der Waals surface area contributed by atoms with Gasteiger partial charge < -0.3 is 9.64 Å². The molecule has 1 fully saturated rings. The highest BCUT2D eigenvalue weighted by atomic mass is 16.5. The van der Waals surface area contributed by atoms with Gasteiger partial charge >= 0.3 is 0 Å². The topological polar surface area (TPSA) is 50.5 Å². The van der Waals surface area contributed by atoms with Gasteiger partial charge in [-0.1, -0.05) is 0 Å². The summed E-state index contributed by atoms with van der Waals surface area (Å²) in [7, 11) is 1.74. The van der Waals surface area contributed by atoms with E-state index in [9.17, 15) is 0 Å². The maximum atomic E-state index is 5.36. The predicted octanol–water partition coefficient (Wildman–Crippen LogP) is -0.439. The van der Waals surface area contributed by atoms with Crippen LogP contribution in [0.5, 0.6) is 0 Å². The van der Waals surface area contributed by atoms with Crippen LogP contribution >= 0.6 is 0 Å². The molecule has 0 spiro atoms. The molecule has 0 amide bonds. The van der Waals surface area contributed by atoms with Crippen molar-refractivity contribution in [2.45, 2.75) is 18.9 Å². The second-order valence-corrected chi connectivity index (χ2v) is 3.28. The first-order valence-electron chi connectivity index (χ1n) is 4.54. The smallest absolute Gasteiger partial charge is 0.0589 e. The average molecular weight is 173 g/mol. The van der Waals surface area contributed by atoms with Crippen LogP contribution < -0.4 is 11.3 Å². The van der Waals surface area contributed by atoms with Crippen LogP contribution in [0.2, 0.25) is 0 Å². The van der Waals surface area contributed by atoms with E-state index in [0.29, 0.717) is 6.04 Å². The fourth-order valence-electron chi connectivity index (χ4n) is 1.54. The summed E-state index contributed by atoms with van der Waals surface area (Å²) in [5.41, 5.74) is 2.82. The number of methoxy groups -OCH3 is 1. The molecule has 72 valence electrons. The third kappa shape index (κ3) is 3.06. The number of likely N-dealkylation sites (tertiary alicyclic amines) is 1. The Morgan fingerprint density at radius 1 is 1.50 bits per heavy atom. The molecule has 1 heterocycles. The number of nitrogens with zero attached hydrogens (tertiary/aromatic N) is 1. The van der Waals surface area contributed by atoms with Gasteiger partial charge in [0.2, 0.25) is 0 Å². The molecule has 12 heavy (non-hydrogen) atoms. The Balaban J connectivity index is 2.09. The molecule has 0 aliphatic carbocycles. The molecule has 0 aromatic rings. The molecule has 0 aromatic carbocycles. The van der Waals surface area contributed by atoms with Crippen LogP contribution in [0.3, 0.4) is 0 Å². The van der Waals surface area contributed by atoms with Gasteiger partial charge in [0.1, 0.15) is 0 Å². The standard InChI is InChI=1S/C8H19N3O/c1-12-7-6-11-4-2-8(10-9)3-5-11/h8,10H,2-7,9H2,1H3. The summed E-state index contributed by atoms with van der Waals surface area (Å²) >= 11 is 0. The Hall–Kier alpha value is -0.160. The summed E-state index contributed by atoms with van der Waals surface area (Å²) in [5.74, 6) is 5.36. The van der Waals surface area contributed by atoms with Gasteiger partial charge in [-0.05, 0) is 25.9 Å². The van der Waals surface area contributed by atoms with E-state index in [1.165, 1.54) is 0 Å². The zero-order valence-electron chi connectivity index (χ0n) is 7.75. The molecular formula is C8H19N3O. The summed E-state index contributed by atoms with van der Waals surface area (Å²) < 4.78 is 5.02. The lowest BCUT2D eigenvalue weighted by Gasteiger charge is -2.31.